The average molecular weight is 396 g/mol. The summed E-state index contributed by atoms with van der Waals surface area (Å²) in [6.07, 6.45) is 3.24. The van der Waals surface area contributed by atoms with E-state index in [1.165, 1.54) is 6.08 Å². The molecule has 0 aliphatic carbocycles. The van der Waals surface area contributed by atoms with Crippen LogP contribution in [0.2, 0.25) is 0 Å². The number of barbiturate groups is 1. The van der Waals surface area contributed by atoms with E-state index < -0.39 is 17.8 Å². The smallest absolute Gasteiger partial charge is 0.331 e. The molecule has 5 amide bonds. The van der Waals surface area contributed by atoms with E-state index in [9.17, 15) is 19.2 Å². The predicted molar refractivity (Wildman–Crippen MR) is 109 cm³/mol. The fourth-order valence-electron chi connectivity index (χ4n) is 3.48. The number of aromatic nitrogens is 1. The van der Waals surface area contributed by atoms with Crippen molar-refractivity contribution in [1.82, 2.24) is 19.7 Å². The summed E-state index contributed by atoms with van der Waals surface area (Å²) in [5, 5.41) is 3.00. The normalized spacial score (nSPS) is 15.9. The molecule has 1 aromatic carbocycles. The van der Waals surface area contributed by atoms with Crippen LogP contribution >= 0.6 is 0 Å². The van der Waals surface area contributed by atoms with Crippen molar-refractivity contribution in [1.29, 1.82) is 0 Å². The van der Waals surface area contributed by atoms with Gasteiger partial charge < -0.3 is 9.47 Å². The Morgan fingerprint density at radius 3 is 2.45 bits per heavy atom. The van der Waals surface area contributed by atoms with E-state index >= 15 is 0 Å². The minimum atomic E-state index is -0.722. The van der Waals surface area contributed by atoms with E-state index in [2.05, 4.69) is 5.32 Å². The molecule has 2 aromatic rings. The third-order valence-electron chi connectivity index (χ3n) is 5.04. The largest absolute Gasteiger partial charge is 0.342 e. The van der Waals surface area contributed by atoms with Crippen LogP contribution in [0.4, 0.5) is 4.79 Å². The van der Waals surface area contributed by atoms with Crippen LogP contribution in [-0.2, 0) is 20.9 Å². The second-order valence-corrected chi connectivity index (χ2v) is 6.66. The van der Waals surface area contributed by atoms with E-state index in [1.807, 2.05) is 42.7 Å². The van der Waals surface area contributed by atoms with E-state index in [0.29, 0.717) is 18.7 Å². The lowest BCUT2D eigenvalue weighted by Gasteiger charge is -2.24. The van der Waals surface area contributed by atoms with Gasteiger partial charge in [-0.1, -0.05) is 18.2 Å². The summed E-state index contributed by atoms with van der Waals surface area (Å²) in [6.45, 7) is 7.09. The molecule has 29 heavy (non-hydrogen) atoms. The summed E-state index contributed by atoms with van der Waals surface area (Å²) in [7, 11) is 0. The van der Waals surface area contributed by atoms with Gasteiger partial charge in [0.25, 0.3) is 11.8 Å². The molecular formula is C21H24N4O4. The minimum absolute atomic E-state index is 0.0100. The maximum atomic E-state index is 12.6. The number of nitrogens with one attached hydrogen (secondary N) is 1. The van der Waals surface area contributed by atoms with Crippen molar-refractivity contribution in [2.24, 2.45) is 0 Å². The number of hydrogen-bond acceptors (Lipinski definition) is 4. The van der Waals surface area contributed by atoms with Gasteiger partial charge in [-0.25, -0.2) is 4.79 Å². The first-order chi connectivity index (χ1) is 13.9. The molecule has 0 unspecified atom stereocenters. The number of amides is 5. The molecule has 1 saturated heterocycles. The van der Waals surface area contributed by atoms with Crippen LogP contribution in [0.15, 0.2) is 36.0 Å². The number of nitrogens with zero attached hydrogens (tertiary/aromatic N) is 3. The van der Waals surface area contributed by atoms with Gasteiger partial charge in [-0.2, -0.15) is 0 Å². The standard InChI is InChI=1S/C21H24N4O4/c1-4-23(5-2)18(26)13-24-12-14(15-9-7-8-10-17(15)24)11-16-19(27)22-21(29)25(6-3)20(16)28/h7-12H,4-6,13H2,1-3H3,(H,22,27,29). The van der Waals surface area contributed by atoms with Gasteiger partial charge in [0.05, 0.1) is 0 Å². The molecule has 1 aromatic heterocycles. The summed E-state index contributed by atoms with van der Waals surface area (Å²) >= 11 is 0. The maximum Gasteiger partial charge on any atom is 0.331 e. The molecule has 3 rings (SSSR count). The second-order valence-electron chi connectivity index (χ2n) is 6.66. The minimum Gasteiger partial charge on any atom is -0.342 e. The molecule has 1 N–H and O–H groups in total. The fourth-order valence-corrected chi connectivity index (χ4v) is 3.48. The molecule has 8 heteroatoms. The van der Waals surface area contributed by atoms with Crippen LogP contribution in [0.1, 0.15) is 26.3 Å². The van der Waals surface area contributed by atoms with Crippen LogP contribution in [0.3, 0.4) is 0 Å². The number of fused-ring (bicyclic) bond motifs is 1. The summed E-state index contributed by atoms with van der Waals surface area (Å²) in [5.41, 5.74) is 1.35. The summed E-state index contributed by atoms with van der Waals surface area (Å²) in [6, 6.07) is 6.76. The Morgan fingerprint density at radius 2 is 1.79 bits per heavy atom. The van der Waals surface area contributed by atoms with E-state index in [0.717, 1.165) is 15.8 Å². The first-order valence-electron chi connectivity index (χ1n) is 9.65. The summed E-state index contributed by atoms with van der Waals surface area (Å²) in [5.74, 6) is -1.36. The van der Waals surface area contributed by atoms with Gasteiger partial charge in [0, 0.05) is 42.3 Å². The summed E-state index contributed by atoms with van der Waals surface area (Å²) in [4.78, 5) is 51.9. The van der Waals surface area contributed by atoms with Gasteiger partial charge in [0.1, 0.15) is 12.1 Å². The third-order valence-corrected chi connectivity index (χ3v) is 5.04. The number of imide groups is 2. The number of benzene rings is 1. The SMILES string of the molecule is CCN(CC)C(=O)Cn1cc(C=C2C(=O)NC(=O)N(CC)C2=O)c2ccccc21. The Labute approximate surface area is 168 Å². The molecular weight excluding hydrogens is 372 g/mol. The van der Waals surface area contributed by atoms with Gasteiger partial charge in [-0.05, 0) is 32.9 Å². The molecule has 0 atom stereocenters. The lowest BCUT2D eigenvalue weighted by molar-refractivity contribution is -0.132. The van der Waals surface area contributed by atoms with Gasteiger partial charge in [-0.15, -0.1) is 0 Å². The van der Waals surface area contributed by atoms with Crippen molar-refractivity contribution in [2.75, 3.05) is 19.6 Å². The number of urea groups is 1. The Kier molecular flexibility index (Phi) is 5.81. The molecule has 1 aliphatic rings. The van der Waals surface area contributed by atoms with Crippen LogP contribution < -0.4 is 5.32 Å². The molecule has 0 bridgehead atoms. The number of carbonyl (C=O) groups excluding carboxylic acids is 4. The monoisotopic (exact) mass is 396 g/mol. The highest BCUT2D eigenvalue weighted by atomic mass is 16.2. The molecule has 2 heterocycles. The summed E-state index contributed by atoms with van der Waals surface area (Å²) < 4.78 is 1.82. The molecule has 1 aliphatic heterocycles. The average Bonchev–Trinajstić information content (AvgIpc) is 3.04. The second kappa shape index (κ2) is 8.30. The molecule has 0 radical (unpaired) electrons. The van der Waals surface area contributed by atoms with Crippen molar-refractivity contribution in [3.63, 3.8) is 0 Å². The molecule has 8 nitrogen and oxygen atoms in total. The lowest BCUT2D eigenvalue weighted by Crippen LogP contribution is -2.53. The number of carbonyl (C=O) groups is 4. The highest BCUT2D eigenvalue weighted by molar-refractivity contribution is 6.31. The number of likely N-dealkylation sites (N-methyl/N-ethyl adjacent to an activating group) is 2. The van der Waals surface area contributed by atoms with Gasteiger partial charge >= 0.3 is 6.03 Å². The van der Waals surface area contributed by atoms with E-state index in [4.69, 9.17) is 0 Å². The van der Waals surface area contributed by atoms with Crippen molar-refractivity contribution < 1.29 is 19.2 Å². The molecule has 152 valence electrons. The quantitative estimate of drug-likeness (QED) is 0.597. The number of hydrogen-bond donors (Lipinski definition) is 1. The first-order valence-corrected chi connectivity index (χ1v) is 9.65. The highest BCUT2D eigenvalue weighted by Crippen LogP contribution is 2.25. The van der Waals surface area contributed by atoms with Crippen LogP contribution in [0.25, 0.3) is 17.0 Å². The van der Waals surface area contributed by atoms with Crippen molar-refractivity contribution >= 4 is 40.7 Å². The van der Waals surface area contributed by atoms with Gasteiger partial charge in [0.2, 0.25) is 5.91 Å². The predicted octanol–water partition coefficient (Wildman–Crippen LogP) is 1.99. The zero-order valence-electron chi connectivity index (χ0n) is 16.8. The molecule has 0 spiro atoms. The lowest BCUT2D eigenvalue weighted by atomic mass is 10.1. The van der Waals surface area contributed by atoms with Gasteiger partial charge in [0.15, 0.2) is 0 Å². The van der Waals surface area contributed by atoms with Crippen molar-refractivity contribution in [3.05, 3.63) is 41.6 Å². The Morgan fingerprint density at radius 1 is 1.10 bits per heavy atom. The fraction of sp³-hybridized carbons (Fsp3) is 0.333. The Hall–Kier alpha value is -3.42. The number of rotatable bonds is 6. The van der Waals surface area contributed by atoms with Crippen molar-refractivity contribution in [2.45, 2.75) is 27.3 Å². The van der Waals surface area contributed by atoms with Crippen LogP contribution in [0.5, 0.6) is 0 Å². The number of para-hydroxylation sites is 1. The zero-order chi connectivity index (χ0) is 21.1. The highest BCUT2D eigenvalue weighted by Gasteiger charge is 2.34. The van der Waals surface area contributed by atoms with Crippen molar-refractivity contribution in [3.8, 4) is 0 Å². The van der Waals surface area contributed by atoms with Crippen LogP contribution in [-0.4, -0.2) is 57.8 Å². The van der Waals surface area contributed by atoms with E-state index in [1.54, 1.807) is 18.0 Å². The third kappa shape index (κ3) is 3.78. The van der Waals surface area contributed by atoms with Crippen LogP contribution in [0, 0.1) is 0 Å². The Balaban J connectivity index is 2.03. The molecule has 0 saturated carbocycles. The van der Waals surface area contributed by atoms with E-state index in [-0.39, 0.29) is 24.6 Å². The Bertz CT molecular complexity index is 1020. The molecule has 1 fully saturated rings. The topological polar surface area (TPSA) is 91.7 Å². The van der Waals surface area contributed by atoms with Gasteiger partial charge in [-0.3, -0.25) is 24.6 Å². The first kappa shape index (κ1) is 20.3. The maximum absolute atomic E-state index is 12.6. The zero-order valence-corrected chi connectivity index (χ0v) is 16.8.